The fourth-order valence-electron chi connectivity index (χ4n) is 3.44. The molecule has 0 bridgehead atoms. The van der Waals surface area contributed by atoms with Crippen LogP contribution in [0.3, 0.4) is 0 Å². The van der Waals surface area contributed by atoms with Crippen LogP contribution in [0.1, 0.15) is 41.5 Å². The van der Waals surface area contributed by atoms with Gasteiger partial charge in [-0.1, -0.05) is 0 Å². The summed E-state index contributed by atoms with van der Waals surface area (Å²) in [4.78, 5) is 26.2. The number of piperidine rings is 1. The molecule has 0 radical (unpaired) electrons. The van der Waals surface area contributed by atoms with Crippen molar-refractivity contribution >= 4 is 23.1 Å². The highest BCUT2D eigenvalue weighted by Gasteiger charge is 2.32. The molecule has 4 heterocycles. The van der Waals surface area contributed by atoms with Crippen LogP contribution in [0.4, 0.5) is 5.82 Å². The van der Waals surface area contributed by atoms with Crippen LogP contribution in [-0.2, 0) is 4.74 Å². The zero-order chi connectivity index (χ0) is 17.1. The Bertz CT molecular complexity index is 716. The van der Waals surface area contributed by atoms with Crippen molar-refractivity contribution in [3.8, 4) is 0 Å². The number of carbonyl (C=O) groups is 1. The lowest BCUT2D eigenvalue weighted by atomic mass is 10.1. The number of rotatable bonds is 3. The smallest absolute Gasteiger partial charge is 0.255 e. The summed E-state index contributed by atoms with van der Waals surface area (Å²) in [6, 6.07) is 3.60. The molecule has 2 aliphatic heterocycles. The van der Waals surface area contributed by atoms with Gasteiger partial charge < -0.3 is 14.5 Å². The number of anilines is 1. The maximum Gasteiger partial charge on any atom is 0.255 e. The van der Waals surface area contributed by atoms with Gasteiger partial charge in [0, 0.05) is 31.2 Å². The van der Waals surface area contributed by atoms with Gasteiger partial charge in [-0.3, -0.25) is 4.79 Å². The number of nitrogens with zero attached hydrogens (tertiary/aromatic N) is 4. The Kier molecular flexibility index (Phi) is 4.94. The number of aromatic nitrogens is 2. The molecule has 0 saturated carbocycles. The van der Waals surface area contributed by atoms with Crippen LogP contribution >= 0.6 is 11.3 Å². The van der Waals surface area contributed by atoms with Gasteiger partial charge in [0.2, 0.25) is 0 Å². The van der Waals surface area contributed by atoms with E-state index in [1.807, 2.05) is 27.8 Å². The molecule has 132 valence electrons. The summed E-state index contributed by atoms with van der Waals surface area (Å²) >= 11 is 1.53. The van der Waals surface area contributed by atoms with Crippen molar-refractivity contribution in [1.29, 1.82) is 0 Å². The molecule has 2 aromatic rings. The molecular formula is C18H22N4O2S. The molecule has 0 N–H and O–H groups in total. The third-order valence-corrected chi connectivity index (χ3v) is 5.48. The van der Waals surface area contributed by atoms with Gasteiger partial charge in [0.05, 0.1) is 18.8 Å². The molecule has 1 atom stereocenters. The lowest BCUT2D eigenvalue weighted by molar-refractivity contribution is -0.00517. The van der Waals surface area contributed by atoms with E-state index in [1.165, 1.54) is 30.6 Å². The van der Waals surface area contributed by atoms with Crippen molar-refractivity contribution in [2.75, 3.05) is 37.7 Å². The third kappa shape index (κ3) is 3.52. The van der Waals surface area contributed by atoms with E-state index in [-0.39, 0.29) is 11.9 Å². The summed E-state index contributed by atoms with van der Waals surface area (Å²) in [5.41, 5.74) is 0.726. The van der Waals surface area contributed by atoms with E-state index in [1.54, 1.807) is 6.20 Å². The summed E-state index contributed by atoms with van der Waals surface area (Å²) in [6.45, 7) is 3.64. The standard InChI is InChI=1S/C18H22N4O2S/c23-18(14-5-11-25-13-14)22-9-10-24-12-15(22)17-19-6-4-16(20-17)21-7-2-1-3-8-21/h4-6,11,13,15H,1-3,7-10,12H2/t15-/m1/s1. The number of amides is 1. The predicted octanol–water partition coefficient (Wildman–Crippen LogP) is 2.74. The maximum absolute atomic E-state index is 12.8. The number of thiophene rings is 1. The number of hydrogen-bond donors (Lipinski definition) is 0. The van der Waals surface area contributed by atoms with Crippen molar-refractivity contribution in [3.05, 3.63) is 40.5 Å². The van der Waals surface area contributed by atoms with Gasteiger partial charge in [0.15, 0.2) is 5.82 Å². The number of ether oxygens (including phenoxy) is 1. The third-order valence-electron chi connectivity index (χ3n) is 4.80. The molecule has 6 nitrogen and oxygen atoms in total. The largest absolute Gasteiger partial charge is 0.377 e. The lowest BCUT2D eigenvalue weighted by Crippen LogP contribution is -2.44. The molecule has 0 aliphatic carbocycles. The molecule has 2 saturated heterocycles. The fraction of sp³-hybridized carbons (Fsp3) is 0.500. The molecule has 25 heavy (non-hydrogen) atoms. The Morgan fingerprint density at radius 2 is 2.08 bits per heavy atom. The quantitative estimate of drug-likeness (QED) is 0.844. The Balaban J connectivity index is 1.59. The molecular weight excluding hydrogens is 336 g/mol. The van der Waals surface area contributed by atoms with Crippen LogP contribution in [0.2, 0.25) is 0 Å². The van der Waals surface area contributed by atoms with Gasteiger partial charge in [0.1, 0.15) is 11.9 Å². The van der Waals surface area contributed by atoms with E-state index >= 15 is 0 Å². The zero-order valence-electron chi connectivity index (χ0n) is 14.1. The van der Waals surface area contributed by atoms with Gasteiger partial charge in [-0.25, -0.2) is 9.97 Å². The van der Waals surface area contributed by atoms with Gasteiger partial charge in [0.25, 0.3) is 5.91 Å². The molecule has 7 heteroatoms. The highest BCUT2D eigenvalue weighted by molar-refractivity contribution is 7.08. The van der Waals surface area contributed by atoms with Crippen molar-refractivity contribution in [2.45, 2.75) is 25.3 Å². The zero-order valence-corrected chi connectivity index (χ0v) is 15.0. The van der Waals surface area contributed by atoms with Crippen LogP contribution in [0.15, 0.2) is 29.1 Å². The first-order chi connectivity index (χ1) is 12.3. The lowest BCUT2D eigenvalue weighted by Gasteiger charge is -2.35. The van der Waals surface area contributed by atoms with Gasteiger partial charge in [-0.2, -0.15) is 11.3 Å². The minimum absolute atomic E-state index is 0.0292. The molecule has 0 unspecified atom stereocenters. The Labute approximate surface area is 151 Å². The van der Waals surface area contributed by atoms with E-state index in [0.29, 0.717) is 25.6 Å². The number of carbonyl (C=O) groups excluding carboxylic acids is 1. The second kappa shape index (κ2) is 7.49. The highest BCUT2D eigenvalue weighted by Crippen LogP contribution is 2.26. The van der Waals surface area contributed by atoms with Crippen molar-refractivity contribution < 1.29 is 9.53 Å². The minimum atomic E-state index is -0.231. The van der Waals surface area contributed by atoms with Crippen molar-refractivity contribution in [2.24, 2.45) is 0 Å². The van der Waals surface area contributed by atoms with E-state index in [0.717, 1.165) is 24.5 Å². The normalized spacial score (nSPS) is 21.4. The Morgan fingerprint density at radius 3 is 2.88 bits per heavy atom. The maximum atomic E-state index is 12.8. The van der Waals surface area contributed by atoms with Crippen LogP contribution in [0, 0.1) is 0 Å². The van der Waals surface area contributed by atoms with Crippen LogP contribution in [-0.4, -0.2) is 53.6 Å². The molecule has 4 rings (SSSR count). The molecule has 2 aromatic heterocycles. The minimum Gasteiger partial charge on any atom is -0.377 e. The van der Waals surface area contributed by atoms with E-state index in [9.17, 15) is 4.79 Å². The molecule has 2 aliphatic rings. The van der Waals surface area contributed by atoms with E-state index in [2.05, 4.69) is 9.88 Å². The Hall–Kier alpha value is -1.99. The number of morpholine rings is 1. The second-order valence-electron chi connectivity index (χ2n) is 6.42. The van der Waals surface area contributed by atoms with Gasteiger partial charge in [-0.15, -0.1) is 0 Å². The average molecular weight is 358 g/mol. The van der Waals surface area contributed by atoms with Gasteiger partial charge >= 0.3 is 0 Å². The first kappa shape index (κ1) is 16.5. The molecule has 2 fully saturated rings. The van der Waals surface area contributed by atoms with Crippen molar-refractivity contribution in [3.63, 3.8) is 0 Å². The van der Waals surface area contributed by atoms with Crippen LogP contribution in [0.5, 0.6) is 0 Å². The van der Waals surface area contributed by atoms with Gasteiger partial charge in [-0.05, 0) is 36.8 Å². The first-order valence-electron chi connectivity index (χ1n) is 8.82. The fourth-order valence-corrected chi connectivity index (χ4v) is 4.07. The number of hydrogen-bond acceptors (Lipinski definition) is 6. The summed E-state index contributed by atoms with van der Waals surface area (Å²) in [7, 11) is 0. The highest BCUT2D eigenvalue weighted by atomic mass is 32.1. The van der Waals surface area contributed by atoms with Crippen LogP contribution < -0.4 is 4.90 Å². The molecule has 0 spiro atoms. The Morgan fingerprint density at radius 1 is 1.20 bits per heavy atom. The molecule has 0 aromatic carbocycles. The van der Waals surface area contributed by atoms with E-state index < -0.39 is 0 Å². The predicted molar refractivity (Wildman–Crippen MR) is 97.0 cm³/mol. The summed E-state index contributed by atoms with van der Waals surface area (Å²) in [6.07, 6.45) is 5.49. The SMILES string of the molecule is O=C(c1ccsc1)N1CCOC[C@@H]1c1nccc(N2CCCCC2)n1. The summed E-state index contributed by atoms with van der Waals surface area (Å²) in [5, 5.41) is 3.82. The van der Waals surface area contributed by atoms with Crippen molar-refractivity contribution in [1.82, 2.24) is 14.9 Å². The summed E-state index contributed by atoms with van der Waals surface area (Å²) in [5.74, 6) is 1.66. The first-order valence-corrected chi connectivity index (χ1v) is 9.76. The average Bonchev–Trinajstić information content (AvgIpc) is 3.23. The summed E-state index contributed by atoms with van der Waals surface area (Å²) < 4.78 is 5.63. The van der Waals surface area contributed by atoms with E-state index in [4.69, 9.17) is 9.72 Å². The monoisotopic (exact) mass is 358 g/mol. The molecule has 1 amide bonds. The second-order valence-corrected chi connectivity index (χ2v) is 7.20. The topological polar surface area (TPSA) is 58.6 Å². The van der Waals surface area contributed by atoms with Crippen LogP contribution in [0.25, 0.3) is 0 Å².